The summed E-state index contributed by atoms with van der Waals surface area (Å²) in [6.45, 7) is 6.27. The second-order valence-corrected chi connectivity index (χ2v) is 7.06. The van der Waals surface area contributed by atoms with E-state index in [-0.39, 0.29) is 30.8 Å². The van der Waals surface area contributed by atoms with Gasteiger partial charge in [0.2, 0.25) is 5.91 Å². The second-order valence-electron chi connectivity index (χ2n) is 7.06. The zero-order chi connectivity index (χ0) is 18.4. The number of nitrogens with zero attached hydrogens (tertiary/aromatic N) is 3. The topological polar surface area (TPSA) is 109 Å². The summed E-state index contributed by atoms with van der Waals surface area (Å²) in [5.41, 5.74) is -0.119. The van der Waals surface area contributed by atoms with Crippen molar-refractivity contribution in [1.82, 2.24) is 15.1 Å². The van der Waals surface area contributed by atoms with Gasteiger partial charge >= 0.3 is 0 Å². The molecule has 0 radical (unpaired) electrons. The minimum Gasteiger partial charge on any atom is -0.357 e. The maximum Gasteiger partial charge on any atom is 0.273 e. The van der Waals surface area contributed by atoms with Crippen LogP contribution in [0, 0.1) is 16.7 Å². The van der Waals surface area contributed by atoms with Gasteiger partial charge in [0.05, 0.1) is 24.4 Å². The number of carbonyl (C=O) groups excluding carboxylic acids is 2. The van der Waals surface area contributed by atoms with Gasteiger partial charge in [-0.05, 0) is 19.3 Å². The van der Waals surface area contributed by atoms with Crippen molar-refractivity contribution in [3.05, 3.63) is 11.9 Å². The first-order valence-electron chi connectivity index (χ1n) is 8.50. The molecular formula is C17H25N5O3. The molecule has 1 saturated heterocycles. The summed E-state index contributed by atoms with van der Waals surface area (Å²) in [7, 11) is 0. The number of hydrogen-bond donors (Lipinski definition) is 2. The summed E-state index contributed by atoms with van der Waals surface area (Å²) in [5, 5.41) is 18.3. The van der Waals surface area contributed by atoms with Crippen LogP contribution in [0.2, 0.25) is 0 Å². The van der Waals surface area contributed by atoms with Crippen LogP contribution in [0.3, 0.4) is 0 Å². The Bertz CT molecular complexity index is 663. The van der Waals surface area contributed by atoms with Crippen molar-refractivity contribution in [1.29, 1.82) is 5.26 Å². The highest BCUT2D eigenvalue weighted by molar-refractivity contribution is 6.03. The van der Waals surface area contributed by atoms with Gasteiger partial charge < -0.3 is 15.4 Å². The Morgan fingerprint density at radius 3 is 2.80 bits per heavy atom. The lowest BCUT2D eigenvalue weighted by atomic mass is 9.95. The molecule has 0 spiro atoms. The highest BCUT2D eigenvalue weighted by Crippen LogP contribution is 2.26. The molecule has 0 saturated carbocycles. The van der Waals surface area contributed by atoms with Crippen LogP contribution >= 0.6 is 0 Å². The molecule has 2 N–H and O–H groups in total. The summed E-state index contributed by atoms with van der Waals surface area (Å²) in [6.07, 6.45) is 4.45. The van der Waals surface area contributed by atoms with E-state index in [1.165, 1.54) is 0 Å². The van der Waals surface area contributed by atoms with E-state index in [9.17, 15) is 9.59 Å². The summed E-state index contributed by atoms with van der Waals surface area (Å²) < 4.78 is 7.29. The van der Waals surface area contributed by atoms with E-state index in [1.54, 1.807) is 31.6 Å². The predicted octanol–water partition coefficient (Wildman–Crippen LogP) is 2.21. The lowest BCUT2D eigenvalue weighted by molar-refractivity contribution is -0.123. The van der Waals surface area contributed by atoms with Gasteiger partial charge in [-0.25, -0.2) is 4.68 Å². The molecule has 1 aromatic heterocycles. The summed E-state index contributed by atoms with van der Waals surface area (Å²) in [5.74, 6) is -0.628. The van der Waals surface area contributed by atoms with Gasteiger partial charge in [-0.3, -0.25) is 9.59 Å². The van der Waals surface area contributed by atoms with Crippen molar-refractivity contribution in [2.75, 3.05) is 18.5 Å². The highest BCUT2D eigenvalue weighted by atomic mass is 16.5. The number of nitrogens with one attached hydrogen (secondary N) is 2. The van der Waals surface area contributed by atoms with E-state index < -0.39 is 11.3 Å². The predicted molar refractivity (Wildman–Crippen MR) is 91.7 cm³/mol. The van der Waals surface area contributed by atoms with Gasteiger partial charge in [-0.15, -0.1) is 0 Å². The molecule has 1 aromatic rings. The average Bonchev–Trinajstić information content (AvgIpc) is 2.99. The van der Waals surface area contributed by atoms with Crippen LogP contribution in [0.5, 0.6) is 0 Å². The van der Waals surface area contributed by atoms with Crippen molar-refractivity contribution in [2.24, 2.45) is 5.41 Å². The molecule has 2 heterocycles. The molecule has 1 atom stereocenters. The molecule has 25 heavy (non-hydrogen) atoms. The first-order valence-corrected chi connectivity index (χ1v) is 8.50. The Morgan fingerprint density at radius 1 is 1.44 bits per heavy atom. The van der Waals surface area contributed by atoms with E-state index in [2.05, 4.69) is 15.7 Å². The Morgan fingerprint density at radius 2 is 2.20 bits per heavy atom. The number of anilines is 1. The number of carbonyl (C=O) groups is 2. The molecular weight excluding hydrogens is 322 g/mol. The normalized spacial score (nSPS) is 17.6. The van der Waals surface area contributed by atoms with Crippen molar-refractivity contribution in [3.63, 3.8) is 0 Å². The molecule has 0 aliphatic carbocycles. The number of hydrogen-bond acceptors (Lipinski definition) is 5. The van der Waals surface area contributed by atoms with E-state index >= 15 is 0 Å². The fourth-order valence-corrected chi connectivity index (χ4v) is 2.36. The molecule has 1 unspecified atom stereocenters. The van der Waals surface area contributed by atoms with Gasteiger partial charge in [-0.1, -0.05) is 20.8 Å². The van der Waals surface area contributed by atoms with Gasteiger partial charge in [0.15, 0.2) is 5.69 Å². The molecule has 1 aliphatic heterocycles. The van der Waals surface area contributed by atoms with Crippen LogP contribution in [0.15, 0.2) is 6.20 Å². The fraction of sp³-hybridized carbons (Fsp3) is 0.647. The number of ether oxygens (including phenoxy) is 1. The lowest BCUT2D eigenvalue weighted by Crippen LogP contribution is -2.30. The van der Waals surface area contributed by atoms with Crippen LogP contribution in [0.1, 0.15) is 63.2 Å². The van der Waals surface area contributed by atoms with Crippen molar-refractivity contribution in [3.8, 4) is 6.07 Å². The second kappa shape index (κ2) is 8.12. The number of nitriles is 1. The van der Waals surface area contributed by atoms with E-state index in [0.717, 1.165) is 19.3 Å². The zero-order valence-corrected chi connectivity index (χ0v) is 15.0. The standard InChI is InChI=1S/C17H25N5O3/c1-17(2,3)16(24)20-12-11-22(13-7-4-5-10-25-13)21-14(12)15(23)19-9-6-8-18/h11,13H,4-7,9-10H2,1-3H3,(H,19,23)(H,20,24). The molecule has 136 valence electrons. The van der Waals surface area contributed by atoms with Gasteiger partial charge in [0.1, 0.15) is 6.23 Å². The molecule has 8 nitrogen and oxygen atoms in total. The van der Waals surface area contributed by atoms with Crippen molar-refractivity contribution >= 4 is 17.5 Å². The van der Waals surface area contributed by atoms with E-state index in [4.69, 9.17) is 10.00 Å². The van der Waals surface area contributed by atoms with Crippen LogP contribution < -0.4 is 10.6 Å². The Hall–Kier alpha value is -2.40. The van der Waals surface area contributed by atoms with Gasteiger partial charge in [0, 0.05) is 18.6 Å². The monoisotopic (exact) mass is 347 g/mol. The largest absolute Gasteiger partial charge is 0.357 e. The molecule has 1 aliphatic rings. The number of amides is 2. The minimum absolute atomic E-state index is 0.129. The summed E-state index contributed by atoms with van der Waals surface area (Å²) in [4.78, 5) is 24.7. The number of rotatable bonds is 5. The van der Waals surface area contributed by atoms with Crippen molar-refractivity contribution in [2.45, 2.75) is 52.7 Å². The van der Waals surface area contributed by atoms with E-state index in [0.29, 0.717) is 12.3 Å². The minimum atomic E-state index is -0.599. The molecule has 8 heteroatoms. The average molecular weight is 347 g/mol. The third-order valence-electron chi connectivity index (χ3n) is 3.85. The Kier molecular flexibility index (Phi) is 6.15. The Balaban J connectivity index is 2.23. The Labute approximate surface area is 147 Å². The zero-order valence-electron chi connectivity index (χ0n) is 15.0. The highest BCUT2D eigenvalue weighted by Gasteiger charge is 2.27. The maximum atomic E-state index is 12.4. The first kappa shape index (κ1) is 18.9. The van der Waals surface area contributed by atoms with Crippen LogP contribution in [0.25, 0.3) is 0 Å². The van der Waals surface area contributed by atoms with E-state index in [1.807, 2.05) is 6.07 Å². The smallest absolute Gasteiger partial charge is 0.273 e. The fourth-order valence-electron chi connectivity index (χ4n) is 2.36. The third kappa shape index (κ3) is 5.03. The molecule has 1 fully saturated rings. The number of aromatic nitrogens is 2. The first-order chi connectivity index (χ1) is 11.8. The van der Waals surface area contributed by atoms with Gasteiger partial charge in [0.25, 0.3) is 5.91 Å². The summed E-state index contributed by atoms with van der Waals surface area (Å²) in [6, 6.07) is 1.97. The molecule has 0 aromatic carbocycles. The quantitative estimate of drug-likeness (QED) is 0.794. The van der Waals surface area contributed by atoms with Crippen LogP contribution in [-0.4, -0.2) is 34.7 Å². The third-order valence-corrected chi connectivity index (χ3v) is 3.85. The molecule has 0 bridgehead atoms. The lowest BCUT2D eigenvalue weighted by Gasteiger charge is -2.22. The van der Waals surface area contributed by atoms with Crippen LogP contribution in [-0.2, 0) is 9.53 Å². The molecule has 2 rings (SSSR count). The van der Waals surface area contributed by atoms with Gasteiger partial charge in [-0.2, -0.15) is 10.4 Å². The van der Waals surface area contributed by atoms with Crippen LogP contribution in [0.4, 0.5) is 5.69 Å². The summed E-state index contributed by atoms with van der Waals surface area (Å²) >= 11 is 0. The maximum absolute atomic E-state index is 12.4. The van der Waals surface area contributed by atoms with Crippen molar-refractivity contribution < 1.29 is 14.3 Å². The molecule has 2 amide bonds. The SMILES string of the molecule is CC(C)(C)C(=O)Nc1cn(C2CCCCO2)nc1C(=O)NCCC#N.